The van der Waals surface area contributed by atoms with Crippen molar-refractivity contribution >= 4 is 21.9 Å². The SMILES string of the molecule is COc1ccc(S(=O)(=O)N(CC(C)C)CC(O)[C@H](Cc2ccccc2)NC(=O)C(C)C(C)(C)C(=O)OCc2ccccc2)cc1. The second-order valence-corrected chi connectivity index (χ2v) is 14.2. The minimum absolute atomic E-state index is 0.0323. The van der Waals surface area contributed by atoms with E-state index in [1.54, 1.807) is 32.9 Å². The first-order chi connectivity index (χ1) is 21.2. The third kappa shape index (κ3) is 9.88. The van der Waals surface area contributed by atoms with Crippen molar-refractivity contribution in [2.45, 2.75) is 64.7 Å². The predicted molar refractivity (Wildman–Crippen MR) is 174 cm³/mol. The molecule has 3 rings (SSSR count). The fourth-order valence-corrected chi connectivity index (χ4v) is 6.40. The fraction of sp³-hybridized carbons (Fsp3) is 0.429. The molecule has 0 spiro atoms. The summed E-state index contributed by atoms with van der Waals surface area (Å²) in [6, 6.07) is 23.8. The zero-order valence-electron chi connectivity index (χ0n) is 27.0. The largest absolute Gasteiger partial charge is 0.497 e. The number of rotatable bonds is 16. The number of amides is 1. The second kappa shape index (κ2) is 16.0. The van der Waals surface area contributed by atoms with E-state index in [1.807, 2.05) is 74.5 Å². The molecule has 3 aromatic rings. The number of aliphatic hydroxyl groups is 1. The van der Waals surface area contributed by atoms with Gasteiger partial charge >= 0.3 is 5.97 Å². The topological polar surface area (TPSA) is 122 Å². The van der Waals surface area contributed by atoms with Gasteiger partial charge in [0.15, 0.2) is 0 Å². The third-order valence-corrected chi connectivity index (χ3v) is 9.81. The average Bonchev–Trinajstić information content (AvgIpc) is 3.03. The average molecular weight is 639 g/mol. The van der Waals surface area contributed by atoms with Crippen molar-refractivity contribution in [2.75, 3.05) is 20.2 Å². The van der Waals surface area contributed by atoms with Crippen molar-refractivity contribution in [3.63, 3.8) is 0 Å². The van der Waals surface area contributed by atoms with E-state index in [0.717, 1.165) is 11.1 Å². The van der Waals surface area contributed by atoms with Gasteiger partial charge in [-0.2, -0.15) is 4.31 Å². The monoisotopic (exact) mass is 638 g/mol. The van der Waals surface area contributed by atoms with Crippen LogP contribution in [0.15, 0.2) is 89.8 Å². The molecule has 0 bridgehead atoms. The van der Waals surface area contributed by atoms with E-state index in [4.69, 9.17) is 9.47 Å². The standard InChI is InChI=1S/C35H46N2O7S/c1-25(2)22-37(45(41,42)30-19-17-29(43-6)18-20-30)23-32(38)31(21-27-13-9-7-10-14-27)36-33(39)26(3)35(4,5)34(40)44-24-28-15-11-8-12-16-28/h7-20,25-26,31-32,38H,21-24H2,1-6H3,(H,36,39)/t26?,31-,32?/m0/s1. The summed E-state index contributed by atoms with van der Waals surface area (Å²) in [5.41, 5.74) is 0.507. The van der Waals surface area contributed by atoms with Crippen LogP contribution in [0.2, 0.25) is 0 Å². The summed E-state index contributed by atoms with van der Waals surface area (Å²) in [5, 5.41) is 14.5. The lowest BCUT2D eigenvalue weighted by atomic mass is 9.79. The molecule has 10 heteroatoms. The number of nitrogens with one attached hydrogen (secondary N) is 1. The van der Waals surface area contributed by atoms with Gasteiger partial charge in [0.1, 0.15) is 12.4 Å². The minimum Gasteiger partial charge on any atom is -0.497 e. The van der Waals surface area contributed by atoms with Crippen molar-refractivity contribution in [2.24, 2.45) is 17.3 Å². The number of esters is 1. The van der Waals surface area contributed by atoms with Crippen LogP contribution in [0.3, 0.4) is 0 Å². The van der Waals surface area contributed by atoms with Crippen LogP contribution in [0, 0.1) is 17.3 Å². The maximum absolute atomic E-state index is 13.7. The van der Waals surface area contributed by atoms with Gasteiger partial charge in [-0.3, -0.25) is 9.59 Å². The van der Waals surface area contributed by atoms with Gasteiger partial charge in [0.05, 0.1) is 35.5 Å². The van der Waals surface area contributed by atoms with Crippen LogP contribution in [0.4, 0.5) is 0 Å². The van der Waals surface area contributed by atoms with E-state index in [1.165, 1.54) is 23.5 Å². The van der Waals surface area contributed by atoms with Gasteiger partial charge in [-0.15, -0.1) is 0 Å². The van der Waals surface area contributed by atoms with Crippen LogP contribution in [-0.2, 0) is 37.4 Å². The van der Waals surface area contributed by atoms with Gasteiger partial charge in [0.2, 0.25) is 15.9 Å². The van der Waals surface area contributed by atoms with Crippen molar-refractivity contribution < 1.29 is 32.6 Å². The fourth-order valence-electron chi connectivity index (χ4n) is 4.78. The van der Waals surface area contributed by atoms with Gasteiger partial charge in [0, 0.05) is 13.1 Å². The molecule has 2 unspecified atom stereocenters. The van der Waals surface area contributed by atoms with Crippen molar-refractivity contribution in [1.82, 2.24) is 9.62 Å². The molecule has 0 aliphatic rings. The normalized spacial score (nSPS) is 14.1. The summed E-state index contributed by atoms with van der Waals surface area (Å²) in [5.74, 6) is -1.31. The maximum atomic E-state index is 13.7. The Bertz CT molecular complexity index is 1480. The molecule has 45 heavy (non-hydrogen) atoms. The number of sulfonamides is 1. The van der Waals surface area contributed by atoms with E-state index in [-0.39, 0.29) is 36.9 Å². The summed E-state index contributed by atoms with van der Waals surface area (Å²) in [6.07, 6.45) is -1.02. The highest BCUT2D eigenvalue weighted by atomic mass is 32.2. The van der Waals surface area contributed by atoms with Crippen molar-refractivity contribution in [1.29, 1.82) is 0 Å². The number of hydrogen-bond acceptors (Lipinski definition) is 7. The summed E-state index contributed by atoms with van der Waals surface area (Å²) < 4.78 is 39.4. The molecule has 0 saturated heterocycles. The number of aliphatic hydroxyl groups excluding tert-OH is 1. The Labute approximate surface area is 267 Å². The van der Waals surface area contributed by atoms with Crippen LogP contribution in [0.5, 0.6) is 5.75 Å². The summed E-state index contributed by atoms with van der Waals surface area (Å²) in [6.45, 7) is 8.73. The minimum atomic E-state index is -3.99. The lowest BCUT2D eigenvalue weighted by Gasteiger charge is -2.33. The van der Waals surface area contributed by atoms with Crippen molar-refractivity contribution in [3.05, 3.63) is 96.1 Å². The van der Waals surface area contributed by atoms with E-state index in [2.05, 4.69) is 5.32 Å². The van der Waals surface area contributed by atoms with Crippen LogP contribution in [0.25, 0.3) is 0 Å². The molecule has 0 fully saturated rings. The summed E-state index contributed by atoms with van der Waals surface area (Å²) in [7, 11) is -2.49. The highest BCUT2D eigenvalue weighted by Gasteiger charge is 2.41. The number of benzene rings is 3. The first-order valence-electron chi connectivity index (χ1n) is 15.1. The Morgan fingerprint density at radius 2 is 1.42 bits per heavy atom. The molecular formula is C35H46N2O7S. The zero-order chi connectivity index (χ0) is 33.2. The number of hydrogen-bond donors (Lipinski definition) is 2. The highest BCUT2D eigenvalue weighted by Crippen LogP contribution is 2.29. The number of ether oxygens (including phenoxy) is 2. The van der Waals surface area contributed by atoms with Gasteiger partial charge in [-0.25, -0.2) is 8.42 Å². The lowest BCUT2D eigenvalue weighted by Crippen LogP contribution is -2.53. The van der Waals surface area contributed by atoms with E-state index < -0.39 is 45.4 Å². The molecule has 0 saturated carbocycles. The Balaban J connectivity index is 1.82. The highest BCUT2D eigenvalue weighted by molar-refractivity contribution is 7.89. The number of methoxy groups -OCH3 is 1. The van der Waals surface area contributed by atoms with Gasteiger partial charge in [-0.05, 0) is 61.6 Å². The quantitative estimate of drug-likeness (QED) is 0.216. The predicted octanol–water partition coefficient (Wildman–Crippen LogP) is 4.84. The molecular weight excluding hydrogens is 592 g/mol. The molecule has 3 atom stereocenters. The van der Waals surface area contributed by atoms with Crippen LogP contribution < -0.4 is 10.1 Å². The van der Waals surface area contributed by atoms with E-state index >= 15 is 0 Å². The number of nitrogens with zero attached hydrogens (tertiary/aromatic N) is 1. The molecule has 0 heterocycles. The van der Waals surface area contributed by atoms with E-state index in [9.17, 15) is 23.1 Å². The Morgan fingerprint density at radius 3 is 1.96 bits per heavy atom. The molecule has 0 radical (unpaired) electrons. The smallest absolute Gasteiger partial charge is 0.312 e. The molecule has 244 valence electrons. The summed E-state index contributed by atoms with van der Waals surface area (Å²) in [4.78, 5) is 26.8. The van der Waals surface area contributed by atoms with Crippen LogP contribution in [0.1, 0.15) is 45.7 Å². The third-order valence-electron chi connectivity index (χ3n) is 7.96. The Kier molecular flexibility index (Phi) is 12.7. The molecule has 0 aromatic heterocycles. The molecule has 2 N–H and O–H groups in total. The van der Waals surface area contributed by atoms with Gasteiger partial charge in [-0.1, -0.05) is 81.4 Å². The number of carbonyl (C=O) groups excluding carboxylic acids is 2. The van der Waals surface area contributed by atoms with Gasteiger partial charge < -0.3 is 19.9 Å². The molecule has 1 amide bonds. The van der Waals surface area contributed by atoms with E-state index in [0.29, 0.717) is 5.75 Å². The van der Waals surface area contributed by atoms with Crippen LogP contribution >= 0.6 is 0 Å². The zero-order valence-corrected chi connectivity index (χ0v) is 27.8. The van der Waals surface area contributed by atoms with Crippen molar-refractivity contribution in [3.8, 4) is 5.75 Å². The lowest BCUT2D eigenvalue weighted by molar-refractivity contribution is -0.161. The maximum Gasteiger partial charge on any atom is 0.312 e. The Morgan fingerprint density at radius 1 is 0.867 bits per heavy atom. The van der Waals surface area contributed by atoms with Gasteiger partial charge in [0.25, 0.3) is 0 Å². The first kappa shape index (κ1) is 35.7. The molecule has 0 aliphatic heterocycles. The van der Waals surface area contributed by atoms with Crippen LogP contribution in [-0.4, -0.2) is 62.1 Å². The molecule has 0 aliphatic carbocycles. The Hall–Kier alpha value is -3.73. The molecule has 9 nitrogen and oxygen atoms in total. The second-order valence-electron chi connectivity index (χ2n) is 12.3. The molecule has 3 aromatic carbocycles. The first-order valence-corrected chi connectivity index (χ1v) is 16.6. The number of carbonyl (C=O) groups is 2. The summed E-state index contributed by atoms with van der Waals surface area (Å²) >= 11 is 0.